The third-order valence-electron chi connectivity index (χ3n) is 2.76. The van der Waals surface area contributed by atoms with Gasteiger partial charge in [-0.05, 0) is 49.3 Å². The molecule has 0 saturated carbocycles. The maximum Gasteiger partial charge on any atom is 0.277 e. The van der Waals surface area contributed by atoms with E-state index < -0.39 is 0 Å². The second kappa shape index (κ2) is 4.92. The molecular formula is C15H13NO2. The van der Waals surface area contributed by atoms with E-state index in [0.29, 0.717) is 16.8 Å². The van der Waals surface area contributed by atoms with Crippen LogP contribution in [0.15, 0.2) is 53.1 Å². The van der Waals surface area contributed by atoms with Crippen LogP contribution in [0, 0.1) is 6.92 Å². The van der Waals surface area contributed by atoms with Crippen molar-refractivity contribution in [3.63, 3.8) is 0 Å². The van der Waals surface area contributed by atoms with Gasteiger partial charge in [0.25, 0.3) is 5.91 Å². The highest BCUT2D eigenvalue weighted by molar-refractivity contribution is 6.21. The Labute approximate surface area is 106 Å². The number of hydrogen-bond donors (Lipinski definition) is 0. The summed E-state index contributed by atoms with van der Waals surface area (Å²) in [6.07, 6.45) is 4.61. The second-order valence-corrected chi connectivity index (χ2v) is 4.18. The van der Waals surface area contributed by atoms with Crippen molar-refractivity contribution in [3.8, 4) is 0 Å². The van der Waals surface area contributed by atoms with E-state index in [1.54, 1.807) is 25.1 Å². The van der Waals surface area contributed by atoms with Gasteiger partial charge in [0.2, 0.25) is 0 Å². The van der Waals surface area contributed by atoms with Crippen molar-refractivity contribution >= 4 is 17.4 Å². The van der Waals surface area contributed by atoms with Crippen LogP contribution < -0.4 is 0 Å². The fourth-order valence-electron chi connectivity index (χ4n) is 1.69. The average molecular weight is 239 g/mol. The summed E-state index contributed by atoms with van der Waals surface area (Å²) in [5, 5.41) is 0. The standard InChI is InChI=1S/C15H13NO2/c1-10-5-3-4-6-13(10)15(18)16-12-7-8-14(17)11(2)9-12/h3-9H,1-2H3. The molecule has 1 aromatic carbocycles. The lowest BCUT2D eigenvalue weighted by Crippen LogP contribution is -2.08. The predicted molar refractivity (Wildman–Crippen MR) is 70.8 cm³/mol. The van der Waals surface area contributed by atoms with E-state index in [0.717, 1.165) is 5.56 Å². The zero-order chi connectivity index (χ0) is 13.1. The minimum Gasteiger partial charge on any atom is -0.290 e. The molecule has 1 aromatic rings. The molecule has 90 valence electrons. The highest BCUT2D eigenvalue weighted by Crippen LogP contribution is 2.10. The van der Waals surface area contributed by atoms with Gasteiger partial charge in [-0.2, -0.15) is 0 Å². The first kappa shape index (κ1) is 12.2. The molecule has 0 saturated heterocycles. The summed E-state index contributed by atoms with van der Waals surface area (Å²) in [7, 11) is 0. The SMILES string of the molecule is CC1=CC(=NC(=O)c2ccccc2C)C=CC1=O. The van der Waals surface area contributed by atoms with E-state index in [1.807, 2.05) is 25.1 Å². The van der Waals surface area contributed by atoms with Crippen molar-refractivity contribution < 1.29 is 9.59 Å². The Bertz CT molecular complexity index is 607. The largest absolute Gasteiger partial charge is 0.290 e. The Balaban J connectivity index is 2.30. The maximum absolute atomic E-state index is 12.0. The van der Waals surface area contributed by atoms with E-state index in [4.69, 9.17) is 0 Å². The van der Waals surface area contributed by atoms with Crippen molar-refractivity contribution in [2.75, 3.05) is 0 Å². The van der Waals surface area contributed by atoms with E-state index in [2.05, 4.69) is 4.99 Å². The molecule has 0 radical (unpaired) electrons. The summed E-state index contributed by atoms with van der Waals surface area (Å²) < 4.78 is 0. The molecule has 1 aliphatic rings. The molecule has 0 bridgehead atoms. The Hall–Kier alpha value is -2.29. The number of ketones is 1. The quantitative estimate of drug-likeness (QED) is 0.707. The molecule has 0 aliphatic heterocycles. The first-order valence-corrected chi connectivity index (χ1v) is 5.67. The number of aryl methyl sites for hydroxylation is 1. The highest BCUT2D eigenvalue weighted by Gasteiger charge is 2.11. The lowest BCUT2D eigenvalue weighted by molar-refractivity contribution is -0.111. The fourth-order valence-corrected chi connectivity index (χ4v) is 1.69. The number of nitrogens with zero attached hydrogens (tertiary/aromatic N) is 1. The van der Waals surface area contributed by atoms with Crippen molar-refractivity contribution in [3.05, 3.63) is 59.2 Å². The number of hydrogen-bond acceptors (Lipinski definition) is 2. The second-order valence-electron chi connectivity index (χ2n) is 4.18. The van der Waals surface area contributed by atoms with Crippen LogP contribution in [0.2, 0.25) is 0 Å². The fraction of sp³-hybridized carbons (Fsp3) is 0.133. The number of carbonyl (C=O) groups excluding carboxylic acids is 2. The van der Waals surface area contributed by atoms with Gasteiger partial charge in [0.1, 0.15) is 0 Å². The van der Waals surface area contributed by atoms with Gasteiger partial charge in [0, 0.05) is 5.56 Å². The van der Waals surface area contributed by atoms with Crippen LogP contribution in [0.1, 0.15) is 22.8 Å². The van der Waals surface area contributed by atoms with E-state index in [9.17, 15) is 9.59 Å². The van der Waals surface area contributed by atoms with Crippen molar-refractivity contribution in [2.45, 2.75) is 13.8 Å². The van der Waals surface area contributed by atoms with Gasteiger partial charge in [-0.3, -0.25) is 9.59 Å². The van der Waals surface area contributed by atoms with Gasteiger partial charge < -0.3 is 0 Å². The third kappa shape index (κ3) is 2.51. The number of benzene rings is 1. The molecule has 0 atom stereocenters. The van der Waals surface area contributed by atoms with Crippen molar-refractivity contribution in [1.82, 2.24) is 0 Å². The van der Waals surface area contributed by atoms with Crippen LogP contribution in [0.3, 0.4) is 0 Å². The summed E-state index contributed by atoms with van der Waals surface area (Å²) in [6.45, 7) is 3.58. The highest BCUT2D eigenvalue weighted by atomic mass is 16.1. The minimum atomic E-state index is -0.286. The topological polar surface area (TPSA) is 46.5 Å². The summed E-state index contributed by atoms with van der Waals surface area (Å²) in [4.78, 5) is 27.3. The van der Waals surface area contributed by atoms with Gasteiger partial charge in [0.05, 0.1) is 5.71 Å². The zero-order valence-electron chi connectivity index (χ0n) is 10.3. The first-order valence-electron chi connectivity index (χ1n) is 5.67. The minimum absolute atomic E-state index is 0.0442. The molecule has 0 aromatic heterocycles. The van der Waals surface area contributed by atoms with Crippen molar-refractivity contribution in [1.29, 1.82) is 0 Å². The van der Waals surface area contributed by atoms with Crippen LogP contribution >= 0.6 is 0 Å². The molecule has 3 heteroatoms. The molecule has 0 unspecified atom stereocenters. The van der Waals surface area contributed by atoms with Gasteiger partial charge in [-0.1, -0.05) is 18.2 Å². The lowest BCUT2D eigenvalue weighted by atomic mass is 10.0. The molecule has 0 heterocycles. The normalized spacial score (nSPS) is 16.9. The zero-order valence-corrected chi connectivity index (χ0v) is 10.3. The third-order valence-corrected chi connectivity index (χ3v) is 2.76. The summed E-state index contributed by atoms with van der Waals surface area (Å²) >= 11 is 0. The van der Waals surface area contributed by atoms with Gasteiger partial charge in [-0.25, -0.2) is 4.99 Å². The Kier molecular flexibility index (Phi) is 3.33. The smallest absolute Gasteiger partial charge is 0.277 e. The lowest BCUT2D eigenvalue weighted by Gasteiger charge is -2.04. The van der Waals surface area contributed by atoms with Crippen molar-refractivity contribution in [2.24, 2.45) is 4.99 Å². The molecule has 0 N–H and O–H groups in total. The van der Waals surface area contributed by atoms with Crippen LogP contribution in [0.4, 0.5) is 0 Å². The summed E-state index contributed by atoms with van der Waals surface area (Å²) in [5.74, 6) is -0.330. The molecule has 1 aliphatic carbocycles. The Morgan fingerprint density at radius 2 is 1.83 bits per heavy atom. The molecule has 3 nitrogen and oxygen atoms in total. The number of carbonyl (C=O) groups is 2. The van der Waals surface area contributed by atoms with Gasteiger partial charge in [-0.15, -0.1) is 0 Å². The summed E-state index contributed by atoms with van der Waals surface area (Å²) in [6, 6.07) is 7.30. The Morgan fingerprint density at radius 1 is 1.11 bits per heavy atom. The van der Waals surface area contributed by atoms with Gasteiger partial charge in [0.15, 0.2) is 5.78 Å². The number of aliphatic imine (C=N–C) groups is 1. The molecule has 2 rings (SSSR count). The number of allylic oxidation sites excluding steroid dienone is 4. The monoisotopic (exact) mass is 239 g/mol. The van der Waals surface area contributed by atoms with E-state index in [-0.39, 0.29) is 11.7 Å². The average Bonchev–Trinajstić information content (AvgIpc) is 2.34. The van der Waals surface area contributed by atoms with Crippen LogP contribution in [0.5, 0.6) is 0 Å². The maximum atomic E-state index is 12.0. The van der Waals surface area contributed by atoms with E-state index >= 15 is 0 Å². The predicted octanol–water partition coefficient (Wildman–Crippen LogP) is 2.66. The number of amides is 1. The molecule has 0 fully saturated rings. The first-order chi connectivity index (χ1) is 8.58. The van der Waals surface area contributed by atoms with Gasteiger partial charge >= 0.3 is 0 Å². The summed E-state index contributed by atoms with van der Waals surface area (Å²) in [5.41, 5.74) is 2.58. The van der Waals surface area contributed by atoms with Crippen LogP contribution in [0.25, 0.3) is 0 Å². The Morgan fingerprint density at radius 3 is 2.50 bits per heavy atom. The number of rotatable bonds is 1. The molecule has 1 amide bonds. The van der Waals surface area contributed by atoms with E-state index in [1.165, 1.54) is 6.08 Å². The van der Waals surface area contributed by atoms with Crippen LogP contribution in [-0.4, -0.2) is 17.4 Å². The molecule has 0 spiro atoms. The van der Waals surface area contributed by atoms with Crippen LogP contribution in [-0.2, 0) is 4.79 Å². The molecule has 18 heavy (non-hydrogen) atoms. The molecular weight excluding hydrogens is 226 g/mol.